The molecular formula is C15H26N2OS. The normalized spacial score (nSPS) is 35.3. The Hall–Kier alpha value is -0.220. The van der Waals surface area contributed by atoms with Crippen molar-refractivity contribution in [2.75, 3.05) is 25.4 Å². The SMILES string of the molecule is CC1(C(=O)N(CC2CCCNC2)C2CC2)CCCS1. The predicted molar refractivity (Wildman–Crippen MR) is 80.4 cm³/mol. The van der Waals surface area contributed by atoms with Gasteiger partial charge in [-0.3, -0.25) is 4.79 Å². The van der Waals surface area contributed by atoms with Gasteiger partial charge in [0.15, 0.2) is 0 Å². The highest BCUT2D eigenvalue weighted by molar-refractivity contribution is 8.01. The molecule has 0 bridgehead atoms. The fourth-order valence-corrected chi connectivity index (χ4v) is 4.66. The standard InChI is InChI=1S/C15H26N2OS/c1-15(7-3-9-19-15)14(18)17(13-5-6-13)11-12-4-2-8-16-10-12/h12-13,16H,2-11H2,1H3. The second kappa shape index (κ2) is 5.65. The highest BCUT2D eigenvalue weighted by Gasteiger charge is 2.44. The molecule has 2 atom stereocenters. The van der Waals surface area contributed by atoms with Crippen molar-refractivity contribution in [1.29, 1.82) is 0 Å². The molecule has 1 amide bonds. The van der Waals surface area contributed by atoms with Crippen LogP contribution in [0.4, 0.5) is 0 Å². The lowest BCUT2D eigenvalue weighted by molar-refractivity contribution is -0.134. The van der Waals surface area contributed by atoms with Crippen molar-refractivity contribution in [3.05, 3.63) is 0 Å². The van der Waals surface area contributed by atoms with Crippen LogP contribution in [0.3, 0.4) is 0 Å². The number of hydrogen-bond acceptors (Lipinski definition) is 3. The van der Waals surface area contributed by atoms with Crippen molar-refractivity contribution in [1.82, 2.24) is 10.2 Å². The van der Waals surface area contributed by atoms with Crippen LogP contribution in [-0.2, 0) is 4.79 Å². The van der Waals surface area contributed by atoms with E-state index < -0.39 is 0 Å². The molecule has 3 fully saturated rings. The van der Waals surface area contributed by atoms with Gasteiger partial charge in [-0.2, -0.15) is 0 Å². The Kier molecular flexibility index (Phi) is 4.08. The Balaban J connectivity index is 1.64. The molecule has 1 aliphatic carbocycles. The van der Waals surface area contributed by atoms with Crippen LogP contribution in [0, 0.1) is 5.92 Å². The molecule has 108 valence electrons. The molecule has 2 saturated heterocycles. The molecule has 0 aromatic rings. The summed E-state index contributed by atoms with van der Waals surface area (Å²) in [4.78, 5) is 15.2. The van der Waals surface area contributed by atoms with E-state index in [1.165, 1.54) is 32.1 Å². The Labute approximate surface area is 120 Å². The third-order valence-electron chi connectivity index (χ3n) is 4.77. The van der Waals surface area contributed by atoms with Gasteiger partial charge in [0.25, 0.3) is 0 Å². The van der Waals surface area contributed by atoms with Gasteiger partial charge in [0.05, 0.1) is 4.75 Å². The van der Waals surface area contributed by atoms with Crippen molar-refractivity contribution in [3.63, 3.8) is 0 Å². The van der Waals surface area contributed by atoms with E-state index in [-0.39, 0.29) is 4.75 Å². The number of piperidine rings is 1. The smallest absolute Gasteiger partial charge is 0.238 e. The Morgan fingerprint density at radius 2 is 2.21 bits per heavy atom. The van der Waals surface area contributed by atoms with Crippen molar-refractivity contribution in [3.8, 4) is 0 Å². The van der Waals surface area contributed by atoms with Crippen LogP contribution in [0.5, 0.6) is 0 Å². The molecule has 3 rings (SSSR count). The zero-order valence-corrected chi connectivity index (χ0v) is 12.8. The topological polar surface area (TPSA) is 32.3 Å². The van der Waals surface area contributed by atoms with Crippen LogP contribution >= 0.6 is 11.8 Å². The third kappa shape index (κ3) is 3.10. The van der Waals surface area contributed by atoms with Gasteiger partial charge in [0.2, 0.25) is 5.91 Å². The molecule has 3 nitrogen and oxygen atoms in total. The van der Waals surface area contributed by atoms with E-state index in [9.17, 15) is 4.79 Å². The lowest BCUT2D eigenvalue weighted by Crippen LogP contribution is -2.48. The summed E-state index contributed by atoms with van der Waals surface area (Å²) in [5.74, 6) is 2.27. The maximum Gasteiger partial charge on any atom is 0.238 e. The van der Waals surface area contributed by atoms with E-state index in [0.717, 1.165) is 31.8 Å². The summed E-state index contributed by atoms with van der Waals surface area (Å²) in [5, 5.41) is 3.47. The van der Waals surface area contributed by atoms with Crippen molar-refractivity contribution in [2.24, 2.45) is 5.92 Å². The summed E-state index contributed by atoms with van der Waals surface area (Å²) in [6.07, 6.45) is 7.29. The monoisotopic (exact) mass is 282 g/mol. The van der Waals surface area contributed by atoms with Crippen molar-refractivity contribution in [2.45, 2.75) is 56.2 Å². The Bertz CT molecular complexity index is 331. The second-order valence-electron chi connectivity index (χ2n) is 6.58. The fraction of sp³-hybridized carbons (Fsp3) is 0.933. The van der Waals surface area contributed by atoms with Crippen LogP contribution in [0.15, 0.2) is 0 Å². The van der Waals surface area contributed by atoms with Crippen LogP contribution < -0.4 is 5.32 Å². The number of rotatable bonds is 4. The zero-order chi connectivity index (χ0) is 13.3. The van der Waals surface area contributed by atoms with Gasteiger partial charge in [0, 0.05) is 12.6 Å². The third-order valence-corrected chi connectivity index (χ3v) is 6.28. The molecule has 3 aliphatic rings. The van der Waals surface area contributed by atoms with Crippen molar-refractivity contribution >= 4 is 17.7 Å². The Morgan fingerprint density at radius 1 is 1.37 bits per heavy atom. The molecule has 2 aliphatic heterocycles. The zero-order valence-electron chi connectivity index (χ0n) is 12.0. The van der Waals surface area contributed by atoms with Gasteiger partial charge in [-0.1, -0.05) is 0 Å². The van der Waals surface area contributed by atoms with Gasteiger partial charge in [0.1, 0.15) is 0 Å². The van der Waals surface area contributed by atoms with E-state index >= 15 is 0 Å². The van der Waals surface area contributed by atoms with E-state index in [2.05, 4.69) is 17.1 Å². The maximum absolute atomic E-state index is 12.9. The molecule has 0 aromatic carbocycles. The minimum atomic E-state index is -0.120. The first-order valence-corrected chi connectivity index (χ1v) is 8.83. The summed E-state index contributed by atoms with van der Waals surface area (Å²) in [7, 11) is 0. The molecule has 1 N–H and O–H groups in total. The quantitative estimate of drug-likeness (QED) is 0.858. The maximum atomic E-state index is 12.9. The van der Waals surface area contributed by atoms with Crippen LogP contribution in [0.1, 0.15) is 45.4 Å². The van der Waals surface area contributed by atoms with E-state index in [0.29, 0.717) is 17.9 Å². The first kappa shape index (κ1) is 13.7. The van der Waals surface area contributed by atoms with E-state index in [4.69, 9.17) is 0 Å². The minimum Gasteiger partial charge on any atom is -0.338 e. The summed E-state index contributed by atoms with van der Waals surface area (Å²) in [6, 6.07) is 0.562. The van der Waals surface area contributed by atoms with Crippen LogP contribution in [-0.4, -0.2) is 47.0 Å². The molecule has 1 saturated carbocycles. The second-order valence-corrected chi connectivity index (χ2v) is 8.18. The van der Waals surface area contributed by atoms with Gasteiger partial charge >= 0.3 is 0 Å². The number of thioether (sulfide) groups is 1. The van der Waals surface area contributed by atoms with Crippen molar-refractivity contribution < 1.29 is 4.79 Å². The van der Waals surface area contributed by atoms with Gasteiger partial charge in [-0.05, 0) is 70.2 Å². The lowest BCUT2D eigenvalue weighted by Gasteiger charge is -2.35. The first-order valence-electron chi connectivity index (χ1n) is 7.85. The number of carbonyl (C=O) groups excluding carboxylic acids is 1. The predicted octanol–water partition coefficient (Wildman–Crippen LogP) is 2.26. The minimum absolute atomic E-state index is 0.120. The largest absolute Gasteiger partial charge is 0.338 e. The molecule has 4 heteroatoms. The summed E-state index contributed by atoms with van der Waals surface area (Å²) in [6.45, 7) is 5.41. The molecule has 0 spiro atoms. The lowest BCUT2D eigenvalue weighted by atomic mass is 9.97. The summed E-state index contributed by atoms with van der Waals surface area (Å²) < 4.78 is -0.120. The average molecular weight is 282 g/mol. The molecule has 0 aromatic heterocycles. The molecule has 2 unspecified atom stereocenters. The first-order chi connectivity index (χ1) is 9.19. The van der Waals surface area contributed by atoms with Gasteiger partial charge in [-0.15, -0.1) is 11.8 Å². The number of amides is 1. The number of nitrogens with zero attached hydrogens (tertiary/aromatic N) is 1. The number of hydrogen-bond donors (Lipinski definition) is 1. The fourth-order valence-electron chi connectivity index (χ4n) is 3.39. The number of nitrogens with one attached hydrogen (secondary N) is 1. The Morgan fingerprint density at radius 3 is 2.79 bits per heavy atom. The summed E-state index contributed by atoms with van der Waals surface area (Å²) >= 11 is 1.88. The number of carbonyl (C=O) groups is 1. The van der Waals surface area contributed by atoms with Gasteiger partial charge in [-0.25, -0.2) is 0 Å². The van der Waals surface area contributed by atoms with E-state index in [1.807, 2.05) is 11.8 Å². The van der Waals surface area contributed by atoms with Crippen LogP contribution in [0.2, 0.25) is 0 Å². The molecular weight excluding hydrogens is 256 g/mol. The molecule has 19 heavy (non-hydrogen) atoms. The molecule has 2 heterocycles. The average Bonchev–Trinajstić information content (AvgIpc) is 3.18. The van der Waals surface area contributed by atoms with Crippen LogP contribution in [0.25, 0.3) is 0 Å². The summed E-state index contributed by atoms with van der Waals surface area (Å²) in [5.41, 5.74) is 0. The highest BCUT2D eigenvalue weighted by Crippen LogP contribution is 2.41. The molecule has 0 radical (unpaired) electrons. The highest BCUT2D eigenvalue weighted by atomic mass is 32.2. The van der Waals surface area contributed by atoms with E-state index in [1.54, 1.807) is 0 Å². The van der Waals surface area contributed by atoms with Gasteiger partial charge < -0.3 is 10.2 Å².